The zero-order valence-electron chi connectivity index (χ0n) is 20.2. The molecule has 4 N–H and O–H groups in total. The van der Waals surface area contributed by atoms with Crippen molar-refractivity contribution in [2.75, 3.05) is 24.3 Å². The third-order valence-electron chi connectivity index (χ3n) is 5.60. The number of rotatable bonds is 8. The fourth-order valence-electron chi connectivity index (χ4n) is 3.96. The fraction of sp³-hybridized carbons (Fsp3) is 0.286. The van der Waals surface area contributed by atoms with Gasteiger partial charge in [0.05, 0.1) is 0 Å². The number of carboxylic acids is 1. The van der Waals surface area contributed by atoms with E-state index in [9.17, 15) is 19.5 Å². The summed E-state index contributed by atoms with van der Waals surface area (Å²) in [5, 5.41) is 31.3. The molecule has 2 amide bonds. The van der Waals surface area contributed by atoms with Gasteiger partial charge in [0.1, 0.15) is 41.0 Å². The number of nitrogens with zero attached hydrogens (tertiary/aromatic N) is 8. The molecule has 3 aromatic heterocycles. The van der Waals surface area contributed by atoms with Crippen molar-refractivity contribution in [1.82, 2.24) is 34.8 Å². The molecule has 2 unspecified atom stereocenters. The maximum atomic E-state index is 13.1. The second kappa shape index (κ2) is 10.5. The lowest BCUT2D eigenvalue weighted by Gasteiger charge is -2.49. The number of nitriles is 1. The van der Waals surface area contributed by atoms with Crippen LogP contribution >= 0.6 is 34.9 Å². The van der Waals surface area contributed by atoms with Gasteiger partial charge in [-0.05, 0) is 18.6 Å². The van der Waals surface area contributed by atoms with Crippen LogP contribution in [-0.4, -0.2) is 88.1 Å². The molecule has 0 aromatic carbocycles. The van der Waals surface area contributed by atoms with Crippen molar-refractivity contribution >= 4 is 69.3 Å². The monoisotopic (exact) mass is 586 g/mol. The zero-order valence-corrected chi connectivity index (χ0v) is 22.6. The van der Waals surface area contributed by atoms with Crippen LogP contribution in [0.3, 0.4) is 0 Å². The Morgan fingerprint density at radius 2 is 2.21 bits per heavy atom. The van der Waals surface area contributed by atoms with Crippen LogP contribution < -0.4 is 11.1 Å². The Morgan fingerprint density at radius 1 is 1.41 bits per heavy atom. The lowest BCUT2D eigenvalue weighted by atomic mass is 10.0. The summed E-state index contributed by atoms with van der Waals surface area (Å²) in [5.41, 5.74) is 6.73. The molecular weight excluding hydrogens is 568 g/mol. The van der Waals surface area contributed by atoms with Crippen LogP contribution in [0.2, 0.25) is 0 Å². The fourth-order valence-corrected chi connectivity index (χ4v) is 7.04. The molecule has 39 heavy (non-hydrogen) atoms. The summed E-state index contributed by atoms with van der Waals surface area (Å²) in [6.45, 7) is 1.77. The van der Waals surface area contributed by atoms with E-state index in [2.05, 4.69) is 30.5 Å². The molecular formula is C21H18N10O5S3. The number of fused-ring (bicyclic) bond motifs is 2. The summed E-state index contributed by atoms with van der Waals surface area (Å²) in [7, 11) is 1.27. The molecule has 0 bridgehead atoms. The first kappa shape index (κ1) is 26.4. The van der Waals surface area contributed by atoms with Gasteiger partial charge in [0, 0.05) is 22.6 Å². The Labute approximate surface area is 232 Å². The number of carbonyl (C=O) groups excluding carboxylic acids is 2. The van der Waals surface area contributed by atoms with Crippen molar-refractivity contribution in [3.63, 3.8) is 0 Å². The van der Waals surface area contributed by atoms with E-state index in [1.54, 1.807) is 13.0 Å². The molecule has 15 nitrogen and oxygen atoms in total. The van der Waals surface area contributed by atoms with Crippen LogP contribution in [0.1, 0.15) is 17.2 Å². The van der Waals surface area contributed by atoms with E-state index in [1.165, 1.54) is 45.4 Å². The molecule has 3 aromatic rings. The van der Waals surface area contributed by atoms with Gasteiger partial charge in [0.2, 0.25) is 0 Å². The number of aromatic nitrogens is 5. The van der Waals surface area contributed by atoms with E-state index in [-0.39, 0.29) is 39.6 Å². The third-order valence-corrected chi connectivity index (χ3v) is 8.69. The summed E-state index contributed by atoms with van der Waals surface area (Å²) in [5.74, 6) is -1.75. The topological polar surface area (TPSA) is 214 Å². The zero-order chi connectivity index (χ0) is 27.8. The van der Waals surface area contributed by atoms with E-state index in [1.807, 2.05) is 6.07 Å². The number of thiazole rings is 1. The highest BCUT2D eigenvalue weighted by atomic mass is 32.2. The molecule has 1 saturated heterocycles. The molecule has 18 heteroatoms. The van der Waals surface area contributed by atoms with Gasteiger partial charge in [-0.15, -0.1) is 40.0 Å². The van der Waals surface area contributed by atoms with Crippen molar-refractivity contribution in [2.24, 2.45) is 5.16 Å². The number of thioether (sulfide) groups is 2. The number of carboxylic acid groups (broad SMARTS) is 1. The van der Waals surface area contributed by atoms with E-state index >= 15 is 0 Å². The molecule has 200 valence electrons. The normalized spacial score (nSPS) is 18.9. The molecule has 0 spiro atoms. The Balaban J connectivity index is 1.34. The summed E-state index contributed by atoms with van der Waals surface area (Å²) in [6, 6.07) is 2.66. The molecule has 0 radical (unpaired) electrons. The summed E-state index contributed by atoms with van der Waals surface area (Å²) < 4.78 is 1.42. The number of carbonyl (C=O) groups is 3. The van der Waals surface area contributed by atoms with Gasteiger partial charge in [0.25, 0.3) is 23.4 Å². The number of nitrogens with two attached hydrogens (primary N) is 1. The predicted octanol–water partition coefficient (Wildman–Crippen LogP) is 0.225. The maximum Gasteiger partial charge on any atom is 0.352 e. The molecule has 5 rings (SSSR count). The van der Waals surface area contributed by atoms with Crippen LogP contribution in [0.15, 0.2) is 32.9 Å². The highest BCUT2D eigenvalue weighted by Gasteiger charge is 2.54. The van der Waals surface area contributed by atoms with Crippen LogP contribution in [-0.2, 0) is 19.2 Å². The van der Waals surface area contributed by atoms with Crippen LogP contribution in [0.25, 0.3) is 5.78 Å². The number of aliphatic carboxylic acids is 1. The van der Waals surface area contributed by atoms with Crippen LogP contribution in [0.4, 0.5) is 5.13 Å². The van der Waals surface area contributed by atoms with E-state index in [4.69, 9.17) is 15.8 Å². The van der Waals surface area contributed by atoms with Crippen molar-refractivity contribution in [2.45, 2.75) is 23.4 Å². The quantitative estimate of drug-likeness (QED) is 0.106. The highest BCUT2D eigenvalue weighted by molar-refractivity contribution is 8.01. The average Bonchev–Trinajstić information content (AvgIpc) is 3.53. The molecule has 0 saturated carbocycles. The SMILES string of the molecule is CON=C(C(=O)NC1C(=O)N2C(C(=O)O)=C(CSc3cc(C)nc4nc(C#N)nn34)CSC12)c1csc(N)n1. The minimum absolute atomic E-state index is 0.0346. The minimum Gasteiger partial charge on any atom is -0.477 e. The number of oxime groups is 1. The van der Waals surface area contributed by atoms with Gasteiger partial charge in [-0.25, -0.2) is 14.8 Å². The number of nitrogens with one attached hydrogen (secondary N) is 1. The largest absolute Gasteiger partial charge is 0.477 e. The Morgan fingerprint density at radius 3 is 2.87 bits per heavy atom. The number of nitrogen functional groups attached to an aromatic ring is 1. The van der Waals surface area contributed by atoms with Gasteiger partial charge in [-0.1, -0.05) is 5.16 Å². The van der Waals surface area contributed by atoms with Gasteiger partial charge < -0.3 is 21.0 Å². The molecule has 1 fully saturated rings. The molecule has 2 aliphatic rings. The maximum absolute atomic E-state index is 13.1. The molecule has 2 atom stereocenters. The molecule has 0 aliphatic carbocycles. The summed E-state index contributed by atoms with van der Waals surface area (Å²) in [4.78, 5) is 56.5. The number of amides is 2. The van der Waals surface area contributed by atoms with Gasteiger partial charge in [0.15, 0.2) is 10.8 Å². The Bertz CT molecular complexity index is 1620. The van der Waals surface area contributed by atoms with Crippen molar-refractivity contribution in [1.29, 1.82) is 5.26 Å². The first-order valence-electron chi connectivity index (χ1n) is 11.0. The smallest absolute Gasteiger partial charge is 0.352 e. The number of hydrogen-bond acceptors (Lipinski definition) is 14. The first-order valence-corrected chi connectivity index (χ1v) is 13.9. The van der Waals surface area contributed by atoms with E-state index in [0.717, 1.165) is 11.3 Å². The van der Waals surface area contributed by atoms with Gasteiger partial charge >= 0.3 is 5.97 Å². The lowest BCUT2D eigenvalue weighted by molar-refractivity contribution is -0.150. The first-order chi connectivity index (χ1) is 18.7. The molecule has 2 aliphatic heterocycles. The van der Waals surface area contributed by atoms with Crippen LogP contribution in [0.5, 0.6) is 0 Å². The second-order valence-electron chi connectivity index (χ2n) is 8.10. The number of hydrogen-bond donors (Lipinski definition) is 3. The van der Waals surface area contributed by atoms with Crippen LogP contribution in [0, 0.1) is 18.3 Å². The second-order valence-corrected chi connectivity index (χ2v) is 11.1. The number of β-lactam (4-membered cyclic amide) rings is 1. The van der Waals surface area contributed by atoms with E-state index < -0.39 is 29.2 Å². The minimum atomic E-state index is -1.25. The van der Waals surface area contributed by atoms with Crippen molar-refractivity contribution in [3.05, 3.63) is 39.9 Å². The Hall–Kier alpha value is -4.21. The van der Waals surface area contributed by atoms with E-state index in [0.29, 0.717) is 22.0 Å². The lowest BCUT2D eigenvalue weighted by Crippen LogP contribution is -2.71. The molecule has 5 heterocycles. The van der Waals surface area contributed by atoms with Crippen molar-refractivity contribution < 1.29 is 24.3 Å². The van der Waals surface area contributed by atoms with Gasteiger partial charge in [-0.3, -0.25) is 14.5 Å². The standard InChI is InChI=1S/C21H18N10O5S3/c1-8-3-12(31-21(24-8)26-11(4-22)28-31)37-5-9-6-38-18-14(17(33)30(18)15(9)19(34)35)27-16(32)13(29-36-2)10-7-39-20(23)25-10/h3,7,14,18H,5-6H2,1-2H3,(H2,23,25)(H,27,32)(H,34,35). The number of aryl methyl sites for hydroxylation is 1. The summed E-state index contributed by atoms with van der Waals surface area (Å²) >= 11 is 3.73. The Kier molecular flexibility index (Phi) is 7.12. The summed E-state index contributed by atoms with van der Waals surface area (Å²) in [6.07, 6.45) is 0. The third kappa shape index (κ3) is 4.86. The predicted molar refractivity (Wildman–Crippen MR) is 141 cm³/mol. The average molecular weight is 587 g/mol. The van der Waals surface area contributed by atoms with Crippen molar-refractivity contribution in [3.8, 4) is 6.07 Å². The van der Waals surface area contributed by atoms with Gasteiger partial charge in [-0.2, -0.15) is 14.8 Å². The number of anilines is 1. The highest BCUT2D eigenvalue weighted by Crippen LogP contribution is 2.41.